The number of para-hydroxylation sites is 1. The molecule has 0 aliphatic rings. The quantitative estimate of drug-likeness (QED) is 0.889. The fourth-order valence-corrected chi connectivity index (χ4v) is 1.65. The Labute approximate surface area is 109 Å². The van der Waals surface area contributed by atoms with Crippen LogP contribution in [0.1, 0.15) is 16.1 Å². The molecule has 1 heterocycles. The van der Waals surface area contributed by atoms with Crippen LogP contribution >= 0.6 is 11.6 Å². The topological polar surface area (TPSA) is 62.2 Å². The molecule has 4 nitrogen and oxygen atoms in total. The standard InChI is InChI=1S/C13H11ClN2O2/c14-11-3-1-2-4-12(11)16-8-10-6-5-9(7-15-10)13(17)18/h1-7,16H,8H2,(H,17,18). The van der Waals surface area contributed by atoms with Crippen LogP contribution in [0.5, 0.6) is 0 Å². The first-order chi connectivity index (χ1) is 8.66. The Morgan fingerprint density at radius 3 is 2.67 bits per heavy atom. The zero-order valence-electron chi connectivity index (χ0n) is 9.43. The van der Waals surface area contributed by atoms with E-state index in [1.807, 2.05) is 18.2 Å². The maximum absolute atomic E-state index is 10.7. The lowest BCUT2D eigenvalue weighted by molar-refractivity contribution is 0.0696. The lowest BCUT2D eigenvalue weighted by Gasteiger charge is -2.07. The number of carboxylic acid groups (broad SMARTS) is 1. The van der Waals surface area contributed by atoms with Crippen molar-refractivity contribution in [3.05, 3.63) is 58.9 Å². The molecule has 0 fully saturated rings. The maximum Gasteiger partial charge on any atom is 0.337 e. The van der Waals surface area contributed by atoms with Gasteiger partial charge in [0.1, 0.15) is 0 Å². The fourth-order valence-electron chi connectivity index (χ4n) is 1.45. The van der Waals surface area contributed by atoms with E-state index in [9.17, 15) is 4.79 Å². The molecule has 0 saturated carbocycles. The summed E-state index contributed by atoms with van der Waals surface area (Å²) in [5, 5.41) is 12.5. The Kier molecular flexibility index (Phi) is 3.79. The van der Waals surface area contributed by atoms with Gasteiger partial charge in [-0.25, -0.2) is 4.79 Å². The van der Waals surface area contributed by atoms with Crippen LogP contribution < -0.4 is 5.32 Å². The largest absolute Gasteiger partial charge is 0.478 e. The van der Waals surface area contributed by atoms with E-state index in [4.69, 9.17) is 16.7 Å². The lowest BCUT2D eigenvalue weighted by Crippen LogP contribution is -2.04. The van der Waals surface area contributed by atoms with Gasteiger partial charge in [0, 0.05) is 6.20 Å². The molecule has 2 rings (SSSR count). The first-order valence-corrected chi connectivity index (χ1v) is 5.71. The first kappa shape index (κ1) is 12.4. The molecule has 0 aliphatic heterocycles. The Morgan fingerprint density at radius 1 is 1.28 bits per heavy atom. The van der Waals surface area contributed by atoms with E-state index in [0.717, 1.165) is 11.4 Å². The molecule has 1 aromatic heterocycles. The average Bonchev–Trinajstić information content (AvgIpc) is 2.38. The van der Waals surface area contributed by atoms with Gasteiger partial charge in [-0.3, -0.25) is 4.98 Å². The van der Waals surface area contributed by atoms with E-state index in [1.54, 1.807) is 12.1 Å². The molecule has 0 bridgehead atoms. The van der Waals surface area contributed by atoms with Gasteiger partial charge < -0.3 is 10.4 Å². The van der Waals surface area contributed by atoms with Crippen LogP contribution in [0.2, 0.25) is 5.02 Å². The second kappa shape index (κ2) is 5.51. The highest BCUT2D eigenvalue weighted by Crippen LogP contribution is 2.20. The molecule has 0 aliphatic carbocycles. The average molecular weight is 263 g/mol. The monoisotopic (exact) mass is 262 g/mol. The van der Waals surface area contributed by atoms with Gasteiger partial charge in [-0.1, -0.05) is 23.7 Å². The van der Waals surface area contributed by atoms with Crippen molar-refractivity contribution in [3.63, 3.8) is 0 Å². The van der Waals surface area contributed by atoms with E-state index in [0.29, 0.717) is 11.6 Å². The smallest absolute Gasteiger partial charge is 0.337 e. The van der Waals surface area contributed by atoms with Gasteiger partial charge >= 0.3 is 5.97 Å². The van der Waals surface area contributed by atoms with E-state index in [2.05, 4.69) is 10.3 Å². The van der Waals surface area contributed by atoms with Gasteiger partial charge in [0.2, 0.25) is 0 Å². The van der Waals surface area contributed by atoms with Gasteiger partial charge in [0.05, 0.1) is 28.5 Å². The number of hydrogen-bond donors (Lipinski definition) is 2. The third-order valence-corrected chi connectivity index (χ3v) is 2.74. The van der Waals surface area contributed by atoms with E-state index in [1.165, 1.54) is 12.3 Å². The zero-order chi connectivity index (χ0) is 13.0. The summed E-state index contributed by atoms with van der Waals surface area (Å²) in [5.41, 5.74) is 1.75. The number of nitrogens with one attached hydrogen (secondary N) is 1. The predicted molar refractivity (Wildman–Crippen MR) is 70.0 cm³/mol. The second-order valence-corrected chi connectivity index (χ2v) is 4.08. The fraction of sp³-hybridized carbons (Fsp3) is 0.0769. The summed E-state index contributed by atoms with van der Waals surface area (Å²) in [6, 6.07) is 10.6. The summed E-state index contributed by atoms with van der Waals surface area (Å²) in [7, 11) is 0. The normalized spacial score (nSPS) is 10.1. The molecule has 92 valence electrons. The van der Waals surface area contributed by atoms with Crippen molar-refractivity contribution in [1.82, 2.24) is 4.98 Å². The van der Waals surface area contributed by atoms with Crippen LogP contribution in [0.25, 0.3) is 0 Å². The van der Waals surface area contributed by atoms with Crippen LogP contribution in [0, 0.1) is 0 Å². The second-order valence-electron chi connectivity index (χ2n) is 3.68. The van der Waals surface area contributed by atoms with Crippen molar-refractivity contribution in [2.75, 3.05) is 5.32 Å². The van der Waals surface area contributed by atoms with E-state index in [-0.39, 0.29) is 5.56 Å². The molecule has 18 heavy (non-hydrogen) atoms. The Bertz CT molecular complexity index is 555. The highest BCUT2D eigenvalue weighted by Gasteiger charge is 2.03. The number of hydrogen-bond acceptors (Lipinski definition) is 3. The van der Waals surface area contributed by atoms with Crippen molar-refractivity contribution < 1.29 is 9.90 Å². The van der Waals surface area contributed by atoms with Crippen molar-refractivity contribution in [3.8, 4) is 0 Å². The predicted octanol–water partition coefficient (Wildman–Crippen LogP) is 3.05. The molecule has 0 spiro atoms. The molecular formula is C13H11ClN2O2. The Morgan fingerprint density at radius 2 is 2.06 bits per heavy atom. The van der Waals surface area contributed by atoms with Gasteiger partial charge in [-0.2, -0.15) is 0 Å². The van der Waals surface area contributed by atoms with Crippen LogP contribution in [-0.2, 0) is 6.54 Å². The number of benzene rings is 1. The lowest BCUT2D eigenvalue weighted by atomic mass is 10.2. The minimum Gasteiger partial charge on any atom is -0.478 e. The van der Waals surface area contributed by atoms with Crippen molar-refractivity contribution in [2.24, 2.45) is 0 Å². The number of rotatable bonds is 4. The van der Waals surface area contributed by atoms with Crippen molar-refractivity contribution >= 4 is 23.3 Å². The summed E-state index contributed by atoms with van der Waals surface area (Å²) in [5.74, 6) is -0.979. The molecule has 5 heteroatoms. The third kappa shape index (κ3) is 2.99. The number of halogens is 1. The van der Waals surface area contributed by atoms with Crippen molar-refractivity contribution in [1.29, 1.82) is 0 Å². The minimum absolute atomic E-state index is 0.177. The number of carbonyl (C=O) groups is 1. The third-order valence-electron chi connectivity index (χ3n) is 2.41. The number of nitrogens with zero attached hydrogens (tertiary/aromatic N) is 1. The van der Waals surface area contributed by atoms with Gasteiger partial charge in [-0.15, -0.1) is 0 Å². The van der Waals surface area contributed by atoms with Crippen LogP contribution in [-0.4, -0.2) is 16.1 Å². The summed E-state index contributed by atoms with van der Waals surface area (Å²) >= 11 is 6.00. The molecule has 0 amide bonds. The molecule has 0 radical (unpaired) electrons. The molecule has 2 N–H and O–H groups in total. The van der Waals surface area contributed by atoms with Crippen LogP contribution in [0.3, 0.4) is 0 Å². The number of aromatic nitrogens is 1. The molecular weight excluding hydrogens is 252 g/mol. The minimum atomic E-state index is -0.979. The Balaban J connectivity index is 2.02. The van der Waals surface area contributed by atoms with E-state index >= 15 is 0 Å². The highest BCUT2D eigenvalue weighted by atomic mass is 35.5. The first-order valence-electron chi connectivity index (χ1n) is 5.33. The van der Waals surface area contributed by atoms with Gasteiger partial charge in [0.15, 0.2) is 0 Å². The SMILES string of the molecule is O=C(O)c1ccc(CNc2ccccc2Cl)nc1. The molecule has 1 aromatic carbocycles. The highest BCUT2D eigenvalue weighted by molar-refractivity contribution is 6.33. The summed E-state index contributed by atoms with van der Waals surface area (Å²) in [6.07, 6.45) is 1.34. The molecule has 2 aromatic rings. The summed E-state index contributed by atoms with van der Waals surface area (Å²) in [4.78, 5) is 14.7. The van der Waals surface area contributed by atoms with E-state index < -0.39 is 5.97 Å². The molecule has 0 saturated heterocycles. The number of pyridine rings is 1. The van der Waals surface area contributed by atoms with Crippen molar-refractivity contribution in [2.45, 2.75) is 6.54 Å². The van der Waals surface area contributed by atoms with Crippen LogP contribution in [0.4, 0.5) is 5.69 Å². The number of anilines is 1. The van der Waals surface area contributed by atoms with Gasteiger partial charge in [0.25, 0.3) is 0 Å². The summed E-state index contributed by atoms with van der Waals surface area (Å²) < 4.78 is 0. The zero-order valence-corrected chi connectivity index (χ0v) is 10.2. The molecule has 0 atom stereocenters. The summed E-state index contributed by atoms with van der Waals surface area (Å²) in [6.45, 7) is 0.490. The van der Waals surface area contributed by atoms with Crippen LogP contribution in [0.15, 0.2) is 42.6 Å². The number of aromatic carboxylic acids is 1. The van der Waals surface area contributed by atoms with Gasteiger partial charge in [-0.05, 0) is 24.3 Å². The maximum atomic E-state index is 10.7. The number of carboxylic acids is 1. The Hall–Kier alpha value is -2.07. The molecule has 0 unspecified atom stereocenters.